The first-order chi connectivity index (χ1) is 20.2. The molecule has 0 radical (unpaired) electrons. The Kier molecular flexibility index (Phi) is 6.74. The minimum atomic E-state index is 0.0210. The van der Waals surface area contributed by atoms with Crippen molar-refractivity contribution in [3.05, 3.63) is 107 Å². The number of nitrogens with one attached hydrogen (secondary N) is 1. The Hall–Kier alpha value is -2.92. The van der Waals surface area contributed by atoms with Gasteiger partial charge in [0.2, 0.25) is 0 Å². The van der Waals surface area contributed by atoms with Crippen LogP contribution in [0.1, 0.15) is 60.0 Å². The van der Waals surface area contributed by atoms with E-state index >= 15 is 0 Å². The molecule has 212 valence electrons. The van der Waals surface area contributed by atoms with Gasteiger partial charge in [0.25, 0.3) is 0 Å². The van der Waals surface area contributed by atoms with Crippen molar-refractivity contribution in [2.75, 3.05) is 33.3 Å². The summed E-state index contributed by atoms with van der Waals surface area (Å²) in [5.74, 6) is 2.93. The summed E-state index contributed by atoms with van der Waals surface area (Å²) in [4.78, 5) is 9.06. The van der Waals surface area contributed by atoms with E-state index in [2.05, 4.69) is 107 Å². The Balaban J connectivity index is 0.879. The Morgan fingerprint density at radius 1 is 0.878 bits per heavy atom. The molecule has 1 saturated carbocycles. The molecule has 4 nitrogen and oxygen atoms in total. The highest BCUT2D eigenvalue weighted by atomic mass is 16.5. The van der Waals surface area contributed by atoms with Crippen molar-refractivity contribution in [1.29, 1.82) is 0 Å². The van der Waals surface area contributed by atoms with Gasteiger partial charge in [0.15, 0.2) is 0 Å². The summed E-state index contributed by atoms with van der Waals surface area (Å²) in [6.07, 6.45) is 8.81. The average Bonchev–Trinajstić information content (AvgIpc) is 3.73. The van der Waals surface area contributed by atoms with Crippen LogP contribution in [0, 0.1) is 17.8 Å². The third kappa shape index (κ3) is 4.74. The number of aromatic nitrogens is 1. The number of hydrogen-bond acceptors (Lipinski definition) is 3. The number of benzene rings is 3. The molecule has 2 aliphatic heterocycles. The standard InChI is InChI=1S/C37H43N3O/c1-39-22-25(17-33-32-13-8-14-34-36(32)28(21-38-34)20-35(33)39)15-16-40-23-29-18-31(40)19-30(29)24-41-37(26-9-4-2-5-10-26)27-11-6-3-7-12-27/h2-14,21,25,29-31,33,35,37-38H,15-20,22-24H2,1H3. The minimum absolute atomic E-state index is 0.0210. The second kappa shape index (κ2) is 10.7. The maximum Gasteiger partial charge on any atom is 0.108 e. The van der Waals surface area contributed by atoms with Gasteiger partial charge in [0.05, 0.1) is 6.61 Å². The second-order valence-corrected chi connectivity index (χ2v) is 13.5. The first-order valence-corrected chi connectivity index (χ1v) is 16.0. The number of nitrogens with zero attached hydrogens (tertiary/aromatic N) is 2. The number of aromatic amines is 1. The average molecular weight is 546 g/mol. The monoisotopic (exact) mass is 545 g/mol. The van der Waals surface area contributed by atoms with Gasteiger partial charge in [0.1, 0.15) is 6.10 Å². The predicted molar refractivity (Wildman–Crippen MR) is 166 cm³/mol. The van der Waals surface area contributed by atoms with Gasteiger partial charge in [-0.25, -0.2) is 0 Å². The highest BCUT2D eigenvalue weighted by Gasteiger charge is 2.45. The van der Waals surface area contributed by atoms with E-state index in [0.717, 1.165) is 24.5 Å². The molecule has 3 aromatic carbocycles. The molecule has 2 aliphatic carbocycles. The van der Waals surface area contributed by atoms with Gasteiger partial charge in [-0.2, -0.15) is 0 Å². The summed E-state index contributed by atoms with van der Waals surface area (Å²) < 4.78 is 6.72. The molecule has 2 saturated heterocycles. The minimum Gasteiger partial charge on any atom is -0.368 e. The smallest absolute Gasteiger partial charge is 0.108 e. The van der Waals surface area contributed by atoms with Gasteiger partial charge < -0.3 is 19.5 Å². The van der Waals surface area contributed by atoms with E-state index in [4.69, 9.17) is 4.74 Å². The van der Waals surface area contributed by atoms with Crippen LogP contribution >= 0.6 is 0 Å². The Bertz CT molecular complexity index is 1440. The summed E-state index contributed by atoms with van der Waals surface area (Å²) in [6.45, 7) is 4.64. The molecule has 0 amide bonds. The van der Waals surface area contributed by atoms with E-state index in [1.165, 1.54) is 79.3 Å². The molecule has 8 rings (SSSR count). The zero-order valence-corrected chi connectivity index (χ0v) is 24.3. The van der Waals surface area contributed by atoms with Crippen molar-refractivity contribution in [1.82, 2.24) is 14.8 Å². The molecule has 6 atom stereocenters. The maximum absolute atomic E-state index is 6.72. The Morgan fingerprint density at radius 3 is 2.39 bits per heavy atom. The topological polar surface area (TPSA) is 31.5 Å². The van der Waals surface area contributed by atoms with Crippen molar-refractivity contribution in [3.8, 4) is 0 Å². The fourth-order valence-electron chi connectivity index (χ4n) is 9.10. The van der Waals surface area contributed by atoms with Gasteiger partial charge in [-0.3, -0.25) is 0 Å². The molecule has 3 fully saturated rings. The van der Waals surface area contributed by atoms with E-state index in [0.29, 0.717) is 17.9 Å². The maximum atomic E-state index is 6.72. The molecule has 3 heterocycles. The lowest BCUT2D eigenvalue weighted by atomic mass is 9.72. The summed E-state index contributed by atoms with van der Waals surface area (Å²) >= 11 is 0. The number of hydrogen-bond donors (Lipinski definition) is 1. The van der Waals surface area contributed by atoms with E-state index in [1.54, 1.807) is 5.56 Å². The number of piperidine rings is 2. The quantitative estimate of drug-likeness (QED) is 0.258. The van der Waals surface area contributed by atoms with Crippen LogP contribution in [0.5, 0.6) is 0 Å². The molecule has 41 heavy (non-hydrogen) atoms. The predicted octanol–water partition coefficient (Wildman–Crippen LogP) is 7.03. The first kappa shape index (κ1) is 25.8. The van der Waals surface area contributed by atoms with Crippen LogP contribution in [-0.2, 0) is 11.2 Å². The molecule has 1 aromatic heterocycles. The normalized spacial score (nSPS) is 29.4. The van der Waals surface area contributed by atoms with Crippen LogP contribution in [-0.4, -0.2) is 60.2 Å². The summed E-state index contributed by atoms with van der Waals surface area (Å²) in [6, 6.07) is 29.8. The van der Waals surface area contributed by atoms with E-state index < -0.39 is 0 Å². The van der Waals surface area contributed by atoms with Crippen molar-refractivity contribution >= 4 is 10.9 Å². The number of ether oxygens (including phenoxy) is 1. The lowest BCUT2D eigenvalue weighted by Crippen LogP contribution is -2.48. The van der Waals surface area contributed by atoms with Gasteiger partial charge in [-0.1, -0.05) is 72.8 Å². The SMILES string of the molecule is CN1CC(CCN2CC3CC2CC3COC(c2ccccc2)c2ccccc2)CC2c3cccc4[nH]cc(c34)CC21. The van der Waals surface area contributed by atoms with Crippen LogP contribution in [0.15, 0.2) is 85.1 Å². The van der Waals surface area contributed by atoms with Gasteiger partial charge in [-0.05, 0) is 91.8 Å². The zero-order valence-electron chi connectivity index (χ0n) is 24.3. The second-order valence-electron chi connectivity index (χ2n) is 13.5. The third-order valence-electron chi connectivity index (χ3n) is 11.1. The summed E-state index contributed by atoms with van der Waals surface area (Å²) in [5.41, 5.74) is 6.95. The summed E-state index contributed by atoms with van der Waals surface area (Å²) in [5, 5.41) is 1.52. The van der Waals surface area contributed by atoms with Crippen LogP contribution in [0.2, 0.25) is 0 Å². The third-order valence-corrected chi connectivity index (χ3v) is 11.1. The molecule has 4 aromatic rings. The fourth-order valence-corrected chi connectivity index (χ4v) is 9.10. The first-order valence-electron chi connectivity index (χ1n) is 16.0. The number of H-pyrrole nitrogens is 1. The van der Waals surface area contributed by atoms with Crippen molar-refractivity contribution in [2.45, 2.75) is 56.2 Å². The summed E-state index contributed by atoms with van der Waals surface area (Å²) in [7, 11) is 2.38. The van der Waals surface area contributed by atoms with E-state index in [1.807, 2.05) is 0 Å². The molecule has 0 spiro atoms. The van der Waals surface area contributed by atoms with Gasteiger partial charge >= 0.3 is 0 Å². The number of likely N-dealkylation sites (N-methyl/N-ethyl adjacent to an activating group) is 1. The molecule has 2 bridgehead atoms. The number of rotatable bonds is 8. The van der Waals surface area contributed by atoms with Gasteiger partial charge in [-0.15, -0.1) is 0 Å². The molecule has 4 heteroatoms. The Labute approximate surface area is 244 Å². The van der Waals surface area contributed by atoms with E-state index in [9.17, 15) is 0 Å². The molecule has 1 N–H and O–H groups in total. The largest absolute Gasteiger partial charge is 0.368 e. The van der Waals surface area contributed by atoms with Crippen LogP contribution in [0.4, 0.5) is 0 Å². The molecular formula is C37H43N3O. The van der Waals surface area contributed by atoms with Crippen LogP contribution in [0.25, 0.3) is 10.9 Å². The van der Waals surface area contributed by atoms with Gasteiger partial charge in [0, 0.05) is 48.2 Å². The molecule has 4 aliphatic rings. The molecular weight excluding hydrogens is 502 g/mol. The molecule has 6 unspecified atom stereocenters. The lowest BCUT2D eigenvalue weighted by Gasteiger charge is -2.46. The number of likely N-dealkylation sites (tertiary alicyclic amines) is 2. The Morgan fingerprint density at radius 2 is 1.66 bits per heavy atom. The highest BCUT2D eigenvalue weighted by molar-refractivity contribution is 5.88. The van der Waals surface area contributed by atoms with Crippen molar-refractivity contribution < 1.29 is 4.74 Å². The van der Waals surface area contributed by atoms with Crippen molar-refractivity contribution in [2.24, 2.45) is 17.8 Å². The highest BCUT2D eigenvalue weighted by Crippen LogP contribution is 2.46. The van der Waals surface area contributed by atoms with E-state index in [-0.39, 0.29) is 6.10 Å². The van der Waals surface area contributed by atoms with Crippen molar-refractivity contribution in [3.63, 3.8) is 0 Å². The fraction of sp³-hybridized carbons (Fsp3) is 0.459. The lowest BCUT2D eigenvalue weighted by molar-refractivity contribution is 0.0253. The zero-order chi connectivity index (χ0) is 27.3. The van der Waals surface area contributed by atoms with Crippen LogP contribution < -0.4 is 0 Å². The van der Waals surface area contributed by atoms with Crippen LogP contribution in [0.3, 0.4) is 0 Å². The number of fused-ring (bicyclic) bond motifs is 4.